The third-order valence-corrected chi connectivity index (χ3v) is 10.9. The zero-order chi connectivity index (χ0) is 37.5. The average molecular weight is 723 g/mol. The molecule has 0 spiro atoms. The van der Waals surface area contributed by atoms with Crippen molar-refractivity contribution in [1.29, 1.82) is 5.26 Å². The molecule has 0 saturated carbocycles. The Kier molecular flexibility index (Phi) is 9.23. The number of methoxy groups -OCH3 is 1. The number of ether oxygens (including phenoxy) is 1. The van der Waals surface area contributed by atoms with Crippen molar-refractivity contribution in [3.8, 4) is 39.7 Å². The molecule has 12 heteroatoms. The second-order valence-corrected chi connectivity index (χ2v) is 14.7. The molecule has 3 N–H and O–H groups in total. The Labute approximate surface area is 313 Å². The molecule has 3 amide bonds. The molecule has 12 nitrogen and oxygen atoms in total. The van der Waals surface area contributed by atoms with Gasteiger partial charge in [0.1, 0.15) is 17.7 Å². The normalized spacial score (nSPS) is 18.3. The zero-order valence-electron chi connectivity index (χ0n) is 30.6. The van der Waals surface area contributed by atoms with E-state index in [9.17, 15) is 19.6 Å². The highest BCUT2D eigenvalue weighted by atomic mass is 16.5. The molecule has 0 bridgehead atoms. The molecule has 3 aliphatic heterocycles. The zero-order valence-corrected chi connectivity index (χ0v) is 30.6. The highest BCUT2D eigenvalue weighted by molar-refractivity contribution is 5.98. The van der Waals surface area contributed by atoms with Gasteiger partial charge in [0.05, 0.1) is 60.3 Å². The Balaban J connectivity index is 0.951. The van der Waals surface area contributed by atoms with Crippen molar-refractivity contribution in [3.05, 3.63) is 101 Å². The maximum atomic E-state index is 13.5. The summed E-state index contributed by atoms with van der Waals surface area (Å²) in [5.74, 6) is 1.33. The minimum atomic E-state index is -0.684. The Hall–Kier alpha value is -6.22. The van der Waals surface area contributed by atoms with Crippen molar-refractivity contribution in [2.45, 2.75) is 70.5 Å². The van der Waals surface area contributed by atoms with E-state index in [2.05, 4.69) is 74.9 Å². The molecule has 0 aliphatic carbocycles. The summed E-state index contributed by atoms with van der Waals surface area (Å²) in [7, 11) is 1.29. The van der Waals surface area contributed by atoms with E-state index in [0.29, 0.717) is 24.9 Å². The van der Waals surface area contributed by atoms with E-state index in [1.54, 1.807) is 6.20 Å². The maximum Gasteiger partial charge on any atom is 0.407 e. The van der Waals surface area contributed by atoms with E-state index in [0.717, 1.165) is 87.8 Å². The number of carbonyl (C=O) groups is 3. The number of nitriles is 1. The number of nitrogens with one attached hydrogen (secondary N) is 3. The van der Waals surface area contributed by atoms with Gasteiger partial charge in [-0.1, -0.05) is 62.4 Å². The number of rotatable bonds is 8. The fraction of sp³-hybridized carbons (Fsp3) is 0.333. The van der Waals surface area contributed by atoms with Gasteiger partial charge >= 0.3 is 6.09 Å². The number of aromatic nitrogens is 4. The molecule has 3 aromatic carbocycles. The fourth-order valence-electron chi connectivity index (χ4n) is 8.19. The summed E-state index contributed by atoms with van der Waals surface area (Å²) in [6.45, 7) is 4.40. The number of hydrogen-bond acceptors (Lipinski definition) is 7. The van der Waals surface area contributed by atoms with Gasteiger partial charge in [-0.05, 0) is 77.1 Å². The van der Waals surface area contributed by atoms with Crippen molar-refractivity contribution < 1.29 is 19.1 Å². The van der Waals surface area contributed by atoms with E-state index in [1.165, 1.54) is 7.11 Å². The molecule has 54 heavy (non-hydrogen) atoms. The monoisotopic (exact) mass is 722 g/mol. The van der Waals surface area contributed by atoms with Gasteiger partial charge in [-0.2, -0.15) is 5.26 Å². The van der Waals surface area contributed by atoms with E-state index in [4.69, 9.17) is 9.72 Å². The number of alkyl carbamates (subject to hydrolysis) is 1. The average Bonchev–Trinajstić information content (AvgIpc) is 4.01. The van der Waals surface area contributed by atoms with Crippen LogP contribution in [0.2, 0.25) is 0 Å². The minimum absolute atomic E-state index is 0.0991. The van der Waals surface area contributed by atoms with Gasteiger partial charge in [-0.25, -0.2) is 14.8 Å². The van der Waals surface area contributed by atoms with Crippen molar-refractivity contribution in [1.82, 2.24) is 30.2 Å². The summed E-state index contributed by atoms with van der Waals surface area (Å²) in [4.78, 5) is 58.8. The highest BCUT2D eigenvalue weighted by Crippen LogP contribution is 2.45. The lowest BCUT2D eigenvalue weighted by Crippen LogP contribution is -2.51. The molecular weight excluding hydrogens is 681 g/mol. The van der Waals surface area contributed by atoms with E-state index in [-0.39, 0.29) is 29.8 Å². The smallest absolute Gasteiger partial charge is 0.407 e. The van der Waals surface area contributed by atoms with E-state index in [1.807, 2.05) is 42.0 Å². The first-order valence-corrected chi connectivity index (χ1v) is 18.6. The van der Waals surface area contributed by atoms with Gasteiger partial charge in [0.25, 0.3) is 0 Å². The van der Waals surface area contributed by atoms with E-state index < -0.39 is 12.1 Å². The molecule has 0 unspecified atom stereocenters. The first kappa shape index (κ1) is 34.8. The van der Waals surface area contributed by atoms with Crippen LogP contribution < -0.4 is 10.2 Å². The van der Waals surface area contributed by atoms with Crippen LogP contribution in [-0.4, -0.2) is 62.4 Å². The second kappa shape index (κ2) is 14.3. The summed E-state index contributed by atoms with van der Waals surface area (Å²) in [5, 5.41) is 12.3. The number of likely N-dealkylation sites (tertiary alicyclic amines) is 1. The van der Waals surface area contributed by atoms with Gasteiger partial charge in [0.15, 0.2) is 0 Å². The topological polar surface area (TPSA) is 160 Å². The third-order valence-electron chi connectivity index (χ3n) is 10.9. The fourth-order valence-corrected chi connectivity index (χ4v) is 8.19. The van der Waals surface area contributed by atoms with Gasteiger partial charge in [-0.3, -0.25) is 9.59 Å². The van der Waals surface area contributed by atoms with Crippen LogP contribution in [0.5, 0.6) is 0 Å². The Morgan fingerprint density at radius 3 is 2.06 bits per heavy atom. The summed E-state index contributed by atoms with van der Waals surface area (Å²) in [5.41, 5.74) is 9.54. The lowest BCUT2D eigenvalue weighted by Gasteiger charge is -2.30. The maximum absolute atomic E-state index is 13.5. The lowest BCUT2D eigenvalue weighted by molar-refractivity contribution is -0.135. The number of nitrogens with zero attached hydrogens (tertiary/aromatic N) is 5. The number of aromatic amines is 2. The second-order valence-electron chi connectivity index (χ2n) is 14.7. The third kappa shape index (κ3) is 6.40. The van der Waals surface area contributed by atoms with Gasteiger partial charge in [0.2, 0.25) is 11.8 Å². The van der Waals surface area contributed by atoms with Gasteiger partial charge < -0.3 is 29.8 Å². The summed E-state index contributed by atoms with van der Waals surface area (Å²) in [6.07, 6.45) is 7.31. The quantitative estimate of drug-likeness (QED) is 0.155. The molecule has 1 fully saturated rings. The lowest BCUT2D eigenvalue weighted by atomic mass is 9.99. The van der Waals surface area contributed by atoms with Crippen LogP contribution in [0.15, 0.2) is 73.1 Å². The molecule has 2 aromatic heterocycles. The van der Waals surface area contributed by atoms with Crippen molar-refractivity contribution >= 4 is 23.6 Å². The predicted molar refractivity (Wildman–Crippen MR) is 203 cm³/mol. The van der Waals surface area contributed by atoms with Crippen LogP contribution in [-0.2, 0) is 27.2 Å². The first-order chi connectivity index (χ1) is 26.2. The SMILES string of the molecule is COC(=O)N[C@H](C(=O)N1CCC[C@H]1c1ncc(-c2ccc(-c3ccc(-c4cnc([C@@H]5Cc6cc(C#N)cc7c6N5C(=O)CCC7)[nH]4)cc3)cc2)[nH]1)C(C)C. The van der Waals surface area contributed by atoms with Crippen LogP contribution in [0, 0.1) is 17.2 Å². The van der Waals surface area contributed by atoms with E-state index >= 15 is 0 Å². The number of carbonyl (C=O) groups excluding carboxylic acids is 3. The van der Waals surface area contributed by atoms with Crippen LogP contribution in [0.4, 0.5) is 10.5 Å². The number of aryl methyl sites for hydroxylation is 1. The number of hydrogen-bond donors (Lipinski definition) is 3. The largest absolute Gasteiger partial charge is 0.453 e. The Morgan fingerprint density at radius 2 is 1.46 bits per heavy atom. The molecule has 274 valence electrons. The molecule has 3 atom stereocenters. The molecule has 8 rings (SSSR count). The summed E-state index contributed by atoms with van der Waals surface area (Å²) in [6, 6.07) is 21.6. The number of H-pyrrole nitrogens is 2. The van der Waals surface area contributed by atoms with Crippen molar-refractivity contribution in [2.24, 2.45) is 5.92 Å². The van der Waals surface area contributed by atoms with Gasteiger partial charge in [-0.15, -0.1) is 0 Å². The van der Waals surface area contributed by atoms with Gasteiger partial charge in [0, 0.05) is 19.4 Å². The van der Waals surface area contributed by atoms with Crippen LogP contribution in [0.3, 0.4) is 0 Å². The molecule has 5 heterocycles. The Bertz CT molecular complexity index is 2270. The first-order valence-electron chi connectivity index (χ1n) is 18.6. The molecule has 3 aliphatic rings. The predicted octanol–water partition coefficient (Wildman–Crippen LogP) is 7.02. The molecular formula is C42H42N8O4. The number of imidazole rings is 2. The minimum Gasteiger partial charge on any atom is -0.453 e. The van der Waals surface area contributed by atoms with Crippen molar-refractivity contribution in [2.75, 3.05) is 18.6 Å². The van der Waals surface area contributed by atoms with Crippen LogP contribution in [0.25, 0.3) is 33.6 Å². The summed E-state index contributed by atoms with van der Waals surface area (Å²) < 4.78 is 4.76. The molecule has 0 radical (unpaired) electrons. The highest BCUT2D eigenvalue weighted by Gasteiger charge is 2.40. The molecule has 1 saturated heterocycles. The Morgan fingerprint density at radius 1 is 0.870 bits per heavy atom. The molecule has 5 aromatic rings. The summed E-state index contributed by atoms with van der Waals surface area (Å²) >= 11 is 0. The number of amides is 3. The van der Waals surface area contributed by atoms with Crippen molar-refractivity contribution in [3.63, 3.8) is 0 Å². The number of anilines is 1. The number of benzene rings is 3. The van der Waals surface area contributed by atoms with Crippen LogP contribution >= 0.6 is 0 Å². The standard InChI is InChI=1S/C42H42N8O4/c1-24(2)37(48-42(53)54-3)41(52)49-17-5-7-34(49)39-44-22-32(46-39)28-13-9-26(10-14-28)27-11-15-29(16-12-27)33-23-45-40(47-33)35-20-31-19-25(21-43)18-30-6-4-8-36(51)50(35)38(30)31/h9-16,18-19,22-24,34-35,37H,4-8,17,20H2,1-3H3,(H,44,46)(H,45,47)(H,48,53)/t34-,35-,37-/m0/s1. The van der Waals surface area contributed by atoms with Crippen LogP contribution in [0.1, 0.15) is 80.0 Å².